The molecule has 2 N–H and O–H groups in total. The number of amides is 2. The van der Waals surface area contributed by atoms with Crippen molar-refractivity contribution in [3.05, 3.63) is 59.9 Å². The van der Waals surface area contributed by atoms with Crippen LogP contribution < -0.4 is 10.2 Å². The quantitative estimate of drug-likeness (QED) is 0.911. The number of para-hydroxylation sites is 1. The summed E-state index contributed by atoms with van der Waals surface area (Å²) in [6.45, 7) is 0. The van der Waals surface area contributed by atoms with Crippen LogP contribution in [0.25, 0.3) is 0 Å². The van der Waals surface area contributed by atoms with Crippen LogP contribution in [0.15, 0.2) is 48.5 Å². The molecule has 0 aliphatic rings. The summed E-state index contributed by atoms with van der Waals surface area (Å²) in [6.07, 6.45) is 0. The summed E-state index contributed by atoms with van der Waals surface area (Å²) in [5.74, 6) is -2.03. The number of aromatic carboxylic acids is 1. The molecule has 0 spiro atoms. The van der Waals surface area contributed by atoms with Crippen LogP contribution in [0, 0.1) is 5.82 Å². The first-order chi connectivity index (χ1) is 9.99. The van der Waals surface area contributed by atoms with Gasteiger partial charge in [0.1, 0.15) is 5.82 Å². The van der Waals surface area contributed by atoms with Gasteiger partial charge in [0.15, 0.2) is 0 Å². The van der Waals surface area contributed by atoms with Crippen molar-refractivity contribution in [1.82, 2.24) is 0 Å². The molecular formula is C15H13FN2O3. The Labute approximate surface area is 120 Å². The van der Waals surface area contributed by atoms with E-state index in [1.807, 2.05) is 6.07 Å². The zero-order valence-corrected chi connectivity index (χ0v) is 11.2. The second kappa shape index (κ2) is 6.04. The standard InChI is InChI=1S/C15H13FN2O3/c1-18(11-5-3-2-4-6-11)15(21)17-13-8-7-10(14(19)20)9-12(13)16/h2-9H,1H3,(H,17,21)(H,19,20). The fraction of sp³-hybridized carbons (Fsp3) is 0.0667. The molecule has 21 heavy (non-hydrogen) atoms. The predicted molar refractivity (Wildman–Crippen MR) is 77.2 cm³/mol. The van der Waals surface area contributed by atoms with Crippen molar-refractivity contribution >= 4 is 23.4 Å². The number of nitrogens with zero attached hydrogens (tertiary/aromatic N) is 1. The number of urea groups is 1. The summed E-state index contributed by atoms with van der Waals surface area (Å²) in [5, 5.41) is 11.2. The van der Waals surface area contributed by atoms with E-state index in [0.717, 1.165) is 6.07 Å². The lowest BCUT2D eigenvalue weighted by Crippen LogP contribution is -2.31. The Morgan fingerprint density at radius 3 is 2.38 bits per heavy atom. The van der Waals surface area contributed by atoms with Crippen LogP contribution in [0.3, 0.4) is 0 Å². The Morgan fingerprint density at radius 2 is 1.81 bits per heavy atom. The molecule has 0 saturated carbocycles. The van der Waals surface area contributed by atoms with Crippen molar-refractivity contribution in [1.29, 1.82) is 0 Å². The molecule has 0 radical (unpaired) electrons. The minimum Gasteiger partial charge on any atom is -0.478 e. The smallest absolute Gasteiger partial charge is 0.335 e. The van der Waals surface area contributed by atoms with Gasteiger partial charge in [-0.1, -0.05) is 18.2 Å². The first-order valence-electron chi connectivity index (χ1n) is 6.11. The first-order valence-corrected chi connectivity index (χ1v) is 6.11. The Morgan fingerprint density at radius 1 is 1.14 bits per heavy atom. The Bertz CT molecular complexity index is 674. The van der Waals surface area contributed by atoms with Crippen molar-refractivity contribution in [3.63, 3.8) is 0 Å². The van der Waals surface area contributed by atoms with Crippen LogP contribution in [0.2, 0.25) is 0 Å². The summed E-state index contributed by atoms with van der Waals surface area (Å²) in [4.78, 5) is 24.1. The zero-order chi connectivity index (χ0) is 15.4. The highest BCUT2D eigenvalue weighted by molar-refractivity contribution is 6.01. The molecule has 0 saturated heterocycles. The summed E-state index contributed by atoms with van der Waals surface area (Å²) >= 11 is 0. The third-order valence-electron chi connectivity index (χ3n) is 2.91. The molecule has 5 nitrogen and oxygen atoms in total. The van der Waals surface area contributed by atoms with E-state index in [-0.39, 0.29) is 11.3 Å². The average Bonchev–Trinajstić information content (AvgIpc) is 2.49. The van der Waals surface area contributed by atoms with Gasteiger partial charge in [-0.25, -0.2) is 14.0 Å². The summed E-state index contributed by atoms with van der Waals surface area (Å²) in [5.41, 5.74) is 0.396. The van der Waals surface area contributed by atoms with E-state index in [0.29, 0.717) is 5.69 Å². The Kier molecular flexibility index (Phi) is 4.18. The number of carboxylic acid groups (broad SMARTS) is 1. The number of hydrogen-bond acceptors (Lipinski definition) is 2. The van der Waals surface area contributed by atoms with E-state index in [9.17, 15) is 14.0 Å². The average molecular weight is 288 g/mol. The molecule has 2 aromatic rings. The van der Waals surface area contributed by atoms with Crippen molar-refractivity contribution in [2.24, 2.45) is 0 Å². The maximum absolute atomic E-state index is 13.7. The minimum absolute atomic E-state index is 0.0761. The first kappa shape index (κ1) is 14.5. The molecule has 0 aromatic heterocycles. The van der Waals surface area contributed by atoms with Crippen LogP contribution in [-0.4, -0.2) is 24.2 Å². The number of rotatable bonds is 3. The van der Waals surface area contributed by atoms with E-state index in [2.05, 4.69) is 5.32 Å². The normalized spacial score (nSPS) is 10.0. The van der Waals surface area contributed by atoms with Gasteiger partial charge in [-0.05, 0) is 30.3 Å². The molecule has 0 fully saturated rings. The van der Waals surface area contributed by atoms with Gasteiger partial charge < -0.3 is 10.4 Å². The fourth-order valence-electron chi connectivity index (χ4n) is 1.72. The molecule has 108 valence electrons. The number of carboxylic acids is 1. The summed E-state index contributed by atoms with van der Waals surface area (Å²) < 4.78 is 13.7. The highest BCUT2D eigenvalue weighted by Gasteiger charge is 2.14. The van der Waals surface area contributed by atoms with Crippen molar-refractivity contribution < 1.29 is 19.1 Å². The largest absolute Gasteiger partial charge is 0.478 e. The predicted octanol–water partition coefficient (Wildman–Crippen LogP) is 3.19. The van der Waals surface area contributed by atoms with Gasteiger partial charge in [-0.15, -0.1) is 0 Å². The monoisotopic (exact) mass is 288 g/mol. The van der Waals surface area contributed by atoms with Crippen molar-refractivity contribution in [2.45, 2.75) is 0 Å². The zero-order valence-electron chi connectivity index (χ0n) is 11.2. The van der Waals surface area contributed by atoms with Crippen LogP contribution in [0.4, 0.5) is 20.6 Å². The molecule has 0 unspecified atom stereocenters. The van der Waals surface area contributed by atoms with Gasteiger partial charge >= 0.3 is 12.0 Å². The third kappa shape index (κ3) is 3.36. The van der Waals surface area contributed by atoms with Crippen molar-refractivity contribution in [3.8, 4) is 0 Å². The van der Waals surface area contributed by atoms with Gasteiger partial charge in [-0.2, -0.15) is 0 Å². The molecule has 0 aliphatic heterocycles. The van der Waals surface area contributed by atoms with E-state index in [1.54, 1.807) is 31.3 Å². The van der Waals surface area contributed by atoms with Gasteiger partial charge in [0.25, 0.3) is 0 Å². The number of nitrogens with one attached hydrogen (secondary N) is 1. The number of benzene rings is 2. The number of anilines is 2. The molecule has 0 aliphatic carbocycles. The third-order valence-corrected chi connectivity index (χ3v) is 2.91. The lowest BCUT2D eigenvalue weighted by molar-refractivity contribution is 0.0696. The highest BCUT2D eigenvalue weighted by Crippen LogP contribution is 2.18. The second-order valence-electron chi connectivity index (χ2n) is 4.32. The SMILES string of the molecule is CN(C(=O)Nc1ccc(C(=O)O)cc1F)c1ccccc1. The number of halogens is 1. The van der Waals surface area contributed by atoms with Crippen LogP contribution in [-0.2, 0) is 0 Å². The lowest BCUT2D eigenvalue weighted by Gasteiger charge is -2.18. The highest BCUT2D eigenvalue weighted by atomic mass is 19.1. The number of carbonyl (C=O) groups excluding carboxylic acids is 1. The van der Waals surface area contributed by atoms with E-state index in [4.69, 9.17) is 5.11 Å². The van der Waals surface area contributed by atoms with Crippen molar-refractivity contribution in [2.75, 3.05) is 17.3 Å². The number of carbonyl (C=O) groups is 2. The molecule has 0 atom stereocenters. The molecule has 0 heterocycles. The molecule has 2 rings (SSSR count). The maximum Gasteiger partial charge on any atom is 0.335 e. The van der Waals surface area contributed by atoms with Crippen LogP contribution in [0.5, 0.6) is 0 Å². The Balaban J connectivity index is 2.15. The molecule has 2 aromatic carbocycles. The number of hydrogen-bond donors (Lipinski definition) is 2. The van der Waals surface area contributed by atoms with Gasteiger partial charge in [0.05, 0.1) is 11.3 Å². The summed E-state index contributed by atoms with van der Waals surface area (Å²) in [6, 6.07) is 11.6. The van der Waals surface area contributed by atoms with E-state index < -0.39 is 17.8 Å². The molecule has 0 bridgehead atoms. The molecule has 2 amide bonds. The molecule has 6 heteroatoms. The fourth-order valence-corrected chi connectivity index (χ4v) is 1.72. The maximum atomic E-state index is 13.7. The van der Waals surface area contributed by atoms with Crippen LogP contribution >= 0.6 is 0 Å². The van der Waals surface area contributed by atoms with E-state index in [1.165, 1.54) is 17.0 Å². The molecular weight excluding hydrogens is 275 g/mol. The van der Waals surface area contributed by atoms with Gasteiger partial charge in [0.2, 0.25) is 0 Å². The second-order valence-corrected chi connectivity index (χ2v) is 4.32. The Hall–Kier alpha value is -2.89. The van der Waals surface area contributed by atoms with Gasteiger partial charge in [0, 0.05) is 12.7 Å². The topological polar surface area (TPSA) is 69.6 Å². The minimum atomic E-state index is -1.23. The van der Waals surface area contributed by atoms with Gasteiger partial charge in [-0.3, -0.25) is 4.90 Å². The lowest BCUT2D eigenvalue weighted by atomic mass is 10.2. The summed E-state index contributed by atoms with van der Waals surface area (Å²) in [7, 11) is 1.55. The van der Waals surface area contributed by atoms with E-state index >= 15 is 0 Å². The van der Waals surface area contributed by atoms with Crippen LogP contribution in [0.1, 0.15) is 10.4 Å².